The van der Waals surface area contributed by atoms with Gasteiger partial charge in [0.1, 0.15) is 5.75 Å². The molecule has 0 heterocycles. The van der Waals surface area contributed by atoms with Crippen LogP contribution in [0.4, 0.5) is 0 Å². The van der Waals surface area contributed by atoms with Crippen LogP contribution in [0.1, 0.15) is 12.5 Å². The molecule has 1 aromatic rings. The normalized spacial score (nSPS) is 10.9. The number of likely N-dealkylation sites (N-methyl/N-ethyl adjacent to an activating group) is 1. The zero-order valence-corrected chi connectivity index (χ0v) is 10.4. The van der Waals surface area contributed by atoms with Crippen molar-refractivity contribution in [2.45, 2.75) is 13.5 Å². The van der Waals surface area contributed by atoms with Crippen molar-refractivity contribution in [2.75, 3.05) is 19.7 Å². The molecule has 1 aromatic carbocycles. The third kappa shape index (κ3) is 3.81. The number of benzene rings is 1. The van der Waals surface area contributed by atoms with Crippen molar-refractivity contribution in [2.24, 2.45) is 0 Å². The number of hydrogen-bond acceptors (Lipinski definition) is 3. The Labute approximate surface area is 98.5 Å². The van der Waals surface area contributed by atoms with E-state index >= 15 is 0 Å². The van der Waals surface area contributed by atoms with E-state index in [9.17, 15) is 5.11 Å². The van der Waals surface area contributed by atoms with Gasteiger partial charge in [0, 0.05) is 23.1 Å². The molecular formula is C11H16BrNO2. The lowest BCUT2D eigenvalue weighted by Crippen LogP contribution is -2.26. The Morgan fingerprint density at radius 1 is 1.40 bits per heavy atom. The van der Waals surface area contributed by atoms with Gasteiger partial charge in [-0.3, -0.25) is 4.90 Å². The molecule has 0 unspecified atom stereocenters. The van der Waals surface area contributed by atoms with E-state index in [1.807, 2.05) is 13.0 Å². The second-order valence-electron chi connectivity index (χ2n) is 3.37. The SMILES string of the molecule is CCN(CCO)Cc1cc(Br)ccc1O. The van der Waals surface area contributed by atoms with Gasteiger partial charge >= 0.3 is 0 Å². The molecule has 1 rings (SSSR count). The Morgan fingerprint density at radius 2 is 2.13 bits per heavy atom. The third-order valence-corrected chi connectivity index (χ3v) is 2.79. The summed E-state index contributed by atoms with van der Waals surface area (Å²) in [5.41, 5.74) is 0.875. The highest BCUT2D eigenvalue weighted by atomic mass is 79.9. The molecule has 0 spiro atoms. The van der Waals surface area contributed by atoms with E-state index in [2.05, 4.69) is 20.8 Å². The number of hydrogen-bond donors (Lipinski definition) is 2. The number of nitrogens with zero attached hydrogens (tertiary/aromatic N) is 1. The minimum atomic E-state index is 0.141. The van der Waals surface area contributed by atoms with Gasteiger partial charge in [-0.15, -0.1) is 0 Å². The van der Waals surface area contributed by atoms with Crippen LogP contribution < -0.4 is 0 Å². The second kappa shape index (κ2) is 6.10. The van der Waals surface area contributed by atoms with E-state index < -0.39 is 0 Å². The van der Waals surface area contributed by atoms with E-state index in [1.165, 1.54) is 0 Å². The molecule has 3 nitrogen and oxygen atoms in total. The summed E-state index contributed by atoms with van der Waals surface area (Å²) in [7, 11) is 0. The molecule has 0 radical (unpaired) electrons. The predicted molar refractivity (Wildman–Crippen MR) is 63.8 cm³/mol. The summed E-state index contributed by atoms with van der Waals surface area (Å²) < 4.78 is 0.954. The molecule has 2 N–H and O–H groups in total. The maximum atomic E-state index is 9.64. The Morgan fingerprint density at radius 3 is 2.73 bits per heavy atom. The molecule has 15 heavy (non-hydrogen) atoms. The van der Waals surface area contributed by atoms with Gasteiger partial charge in [-0.05, 0) is 24.7 Å². The molecule has 84 valence electrons. The number of phenols is 1. The van der Waals surface area contributed by atoms with Crippen LogP contribution in [0.3, 0.4) is 0 Å². The summed E-state index contributed by atoms with van der Waals surface area (Å²) in [5, 5.41) is 18.5. The summed E-state index contributed by atoms with van der Waals surface area (Å²) in [6, 6.07) is 5.38. The number of phenolic OH excluding ortho intramolecular Hbond substituents is 1. The standard InChI is InChI=1S/C11H16BrNO2/c1-2-13(5-6-14)8-9-7-10(12)3-4-11(9)15/h3-4,7,14-15H,2,5-6,8H2,1H3. The lowest BCUT2D eigenvalue weighted by molar-refractivity contribution is 0.195. The molecule has 4 heteroatoms. The lowest BCUT2D eigenvalue weighted by Gasteiger charge is -2.19. The van der Waals surface area contributed by atoms with Crippen LogP contribution in [0, 0.1) is 0 Å². The zero-order valence-electron chi connectivity index (χ0n) is 8.78. The molecule has 0 bridgehead atoms. The van der Waals surface area contributed by atoms with Gasteiger partial charge in [-0.1, -0.05) is 22.9 Å². The van der Waals surface area contributed by atoms with Crippen molar-refractivity contribution in [3.8, 4) is 5.75 Å². The van der Waals surface area contributed by atoms with Crippen molar-refractivity contribution < 1.29 is 10.2 Å². The molecular weight excluding hydrogens is 258 g/mol. The number of rotatable bonds is 5. The highest BCUT2D eigenvalue weighted by Crippen LogP contribution is 2.23. The third-order valence-electron chi connectivity index (χ3n) is 2.30. The number of halogens is 1. The first-order valence-electron chi connectivity index (χ1n) is 4.98. The minimum absolute atomic E-state index is 0.141. The van der Waals surface area contributed by atoms with E-state index in [0.29, 0.717) is 18.8 Å². The first-order valence-corrected chi connectivity index (χ1v) is 5.77. The number of aliphatic hydroxyl groups excluding tert-OH is 1. The van der Waals surface area contributed by atoms with E-state index in [0.717, 1.165) is 16.6 Å². The van der Waals surface area contributed by atoms with Gasteiger partial charge in [0.15, 0.2) is 0 Å². The van der Waals surface area contributed by atoms with Crippen LogP contribution in [-0.4, -0.2) is 34.8 Å². The maximum Gasteiger partial charge on any atom is 0.120 e. The van der Waals surface area contributed by atoms with Gasteiger partial charge in [-0.2, -0.15) is 0 Å². The maximum absolute atomic E-state index is 9.64. The fourth-order valence-electron chi connectivity index (χ4n) is 1.41. The molecule has 0 aromatic heterocycles. The van der Waals surface area contributed by atoms with Gasteiger partial charge in [0.25, 0.3) is 0 Å². The molecule has 0 amide bonds. The van der Waals surface area contributed by atoms with E-state index in [-0.39, 0.29) is 6.61 Å². The molecule has 0 saturated carbocycles. The van der Waals surface area contributed by atoms with Crippen molar-refractivity contribution in [1.82, 2.24) is 4.90 Å². The monoisotopic (exact) mass is 273 g/mol. The van der Waals surface area contributed by atoms with Crippen molar-refractivity contribution in [1.29, 1.82) is 0 Å². The van der Waals surface area contributed by atoms with Crippen molar-refractivity contribution in [3.63, 3.8) is 0 Å². The summed E-state index contributed by atoms with van der Waals surface area (Å²) in [6.07, 6.45) is 0. The zero-order chi connectivity index (χ0) is 11.3. The Kier molecular flexibility index (Phi) is 5.08. The summed E-state index contributed by atoms with van der Waals surface area (Å²) >= 11 is 3.37. The van der Waals surface area contributed by atoms with E-state index in [4.69, 9.17) is 5.11 Å². The minimum Gasteiger partial charge on any atom is -0.508 e. The molecule has 0 atom stereocenters. The smallest absolute Gasteiger partial charge is 0.120 e. The van der Waals surface area contributed by atoms with Crippen LogP contribution in [0.5, 0.6) is 5.75 Å². The van der Waals surface area contributed by atoms with Crippen LogP contribution >= 0.6 is 15.9 Å². The average Bonchev–Trinajstić information content (AvgIpc) is 2.22. The topological polar surface area (TPSA) is 43.7 Å². The van der Waals surface area contributed by atoms with Crippen LogP contribution in [0.25, 0.3) is 0 Å². The van der Waals surface area contributed by atoms with Gasteiger partial charge in [0.2, 0.25) is 0 Å². The van der Waals surface area contributed by atoms with Crippen LogP contribution in [0.15, 0.2) is 22.7 Å². The lowest BCUT2D eigenvalue weighted by atomic mass is 10.2. The molecule has 0 aliphatic heterocycles. The molecule has 0 aliphatic carbocycles. The molecule has 0 fully saturated rings. The highest BCUT2D eigenvalue weighted by molar-refractivity contribution is 9.10. The average molecular weight is 274 g/mol. The van der Waals surface area contributed by atoms with Crippen molar-refractivity contribution in [3.05, 3.63) is 28.2 Å². The largest absolute Gasteiger partial charge is 0.508 e. The number of aromatic hydroxyl groups is 1. The van der Waals surface area contributed by atoms with Crippen LogP contribution in [-0.2, 0) is 6.54 Å². The number of aliphatic hydroxyl groups is 1. The molecule has 0 aliphatic rings. The second-order valence-corrected chi connectivity index (χ2v) is 4.28. The summed E-state index contributed by atoms with van der Waals surface area (Å²) in [4.78, 5) is 2.07. The van der Waals surface area contributed by atoms with Gasteiger partial charge < -0.3 is 10.2 Å². The Hall–Kier alpha value is -0.580. The fraction of sp³-hybridized carbons (Fsp3) is 0.455. The summed E-state index contributed by atoms with van der Waals surface area (Å²) in [5.74, 6) is 0.301. The Bertz CT molecular complexity index is 317. The van der Waals surface area contributed by atoms with Gasteiger partial charge in [-0.25, -0.2) is 0 Å². The van der Waals surface area contributed by atoms with E-state index in [1.54, 1.807) is 12.1 Å². The van der Waals surface area contributed by atoms with Gasteiger partial charge in [0.05, 0.1) is 6.61 Å². The summed E-state index contributed by atoms with van der Waals surface area (Å²) in [6.45, 7) is 4.31. The van der Waals surface area contributed by atoms with Crippen LogP contribution in [0.2, 0.25) is 0 Å². The first kappa shape index (κ1) is 12.5. The fourth-order valence-corrected chi connectivity index (χ4v) is 1.82. The predicted octanol–water partition coefficient (Wildman–Crippen LogP) is 1.97. The first-order chi connectivity index (χ1) is 7.17. The Balaban J connectivity index is 2.73. The van der Waals surface area contributed by atoms with Crippen molar-refractivity contribution >= 4 is 15.9 Å². The quantitative estimate of drug-likeness (QED) is 0.862. The highest BCUT2D eigenvalue weighted by Gasteiger charge is 2.07. The molecule has 0 saturated heterocycles.